The Hall–Kier alpha value is -2.73. The molecular weight excluding hydrogens is 316 g/mol. The zero-order valence-corrected chi connectivity index (χ0v) is 13.1. The summed E-state index contributed by atoms with van der Waals surface area (Å²) in [6.45, 7) is 1.51. The average Bonchev–Trinajstić information content (AvgIpc) is 2.96. The Kier molecular flexibility index (Phi) is 5.08. The van der Waals surface area contributed by atoms with Gasteiger partial charge in [-0.1, -0.05) is 24.3 Å². The second-order valence-corrected chi connectivity index (χ2v) is 5.93. The molecule has 2 aromatic rings. The number of rotatable bonds is 6. The van der Waals surface area contributed by atoms with Crippen LogP contribution in [0.4, 0.5) is 0 Å². The monoisotopic (exact) mass is 330 g/mol. The Morgan fingerprint density at radius 1 is 1.09 bits per heavy atom. The van der Waals surface area contributed by atoms with E-state index in [0.717, 1.165) is 10.4 Å². The SMILES string of the molecule is CC(=O)c1ccc(Cc2cc(C(=O)/C=C(\O)C(=O)O)cs2)cc1. The summed E-state index contributed by atoms with van der Waals surface area (Å²) in [4.78, 5) is 34.5. The number of Topliss-reactive ketones (excluding diaryl/α,β-unsaturated/α-hetero) is 1. The first-order chi connectivity index (χ1) is 10.9. The number of ketones is 2. The maximum Gasteiger partial charge on any atom is 0.371 e. The van der Waals surface area contributed by atoms with E-state index in [-0.39, 0.29) is 5.78 Å². The molecule has 0 unspecified atom stereocenters. The topological polar surface area (TPSA) is 91.7 Å². The lowest BCUT2D eigenvalue weighted by Gasteiger charge is -2.00. The molecule has 5 nitrogen and oxygen atoms in total. The predicted octanol–water partition coefficient (Wildman–Crippen LogP) is 3.25. The Balaban J connectivity index is 2.10. The maximum atomic E-state index is 11.8. The van der Waals surface area contributed by atoms with Gasteiger partial charge in [0.1, 0.15) is 0 Å². The lowest BCUT2D eigenvalue weighted by molar-refractivity contribution is -0.135. The van der Waals surface area contributed by atoms with Crippen LogP contribution in [0.1, 0.15) is 38.1 Å². The predicted molar refractivity (Wildman–Crippen MR) is 86.2 cm³/mol. The highest BCUT2D eigenvalue weighted by molar-refractivity contribution is 7.10. The Morgan fingerprint density at radius 2 is 1.74 bits per heavy atom. The van der Waals surface area contributed by atoms with Crippen LogP contribution in [0.3, 0.4) is 0 Å². The largest absolute Gasteiger partial charge is 0.502 e. The number of carboxylic acid groups (broad SMARTS) is 1. The molecule has 0 bridgehead atoms. The second-order valence-electron chi connectivity index (χ2n) is 4.93. The lowest BCUT2D eigenvalue weighted by Crippen LogP contribution is -2.03. The number of aliphatic hydroxyl groups is 1. The molecule has 0 aliphatic heterocycles. The Morgan fingerprint density at radius 3 is 2.30 bits per heavy atom. The minimum Gasteiger partial charge on any atom is -0.502 e. The van der Waals surface area contributed by atoms with Gasteiger partial charge < -0.3 is 10.2 Å². The number of hydrogen-bond donors (Lipinski definition) is 2. The fraction of sp³-hybridized carbons (Fsp3) is 0.118. The quantitative estimate of drug-likeness (QED) is 0.482. The van der Waals surface area contributed by atoms with Gasteiger partial charge in [0.15, 0.2) is 11.6 Å². The van der Waals surface area contributed by atoms with Crippen LogP contribution in [-0.4, -0.2) is 27.7 Å². The fourth-order valence-electron chi connectivity index (χ4n) is 1.93. The molecule has 0 amide bonds. The van der Waals surface area contributed by atoms with Gasteiger partial charge in [-0.25, -0.2) is 4.79 Å². The molecule has 0 spiro atoms. The van der Waals surface area contributed by atoms with E-state index in [1.807, 2.05) is 12.1 Å². The third-order valence-electron chi connectivity index (χ3n) is 3.16. The van der Waals surface area contributed by atoms with Gasteiger partial charge in [0.25, 0.3) is 0 Å². The van der Waals surface area contributed by atoms with E-state index in [1.165, 1.54) is 18.3 Å². The van der Waals surface area contributed by atoms with E-state index in [1.54, 1.807) is 23.6 Å². The molecule has 2 N–H and O–H groups in total. The van der Waals surface area contributed by atoms with Crippen molar-refractivity contribution >= 4 is 28.9 Å². The molecule has 0 saturated heterocycles. The van der Waals surface area contributed by atoms with Crippen molar-refractivity contribution in [3.63, 3.8) is 0 Å². The summed E-state index contributed by atoms with van der Waals surface area (Å²) in [5, 5.41) is 19.3. The third kappa shape index (κ3) is 4.37. The first kappa shape index (κ1) is 16.6. The number of aliphatic hydroxyl groups excluding tert-OH is 1. The minimum atomic E-state index is -1.54. The summed E-state index contributed by atoms with van der Waals surface area (Å²) < 4.78 is 0. The van der Waals surface area contributed by atoms with Gasteiger partial charge in [0.2, 0.25) is 5.76 Å². The Labute approximate surface area is 136 Å². The van der Waals surface area contributed by atoms with E-state index in [2.05, 4.69) is 0 Å². The van der Waals surface area contributed by atoms with Crippen molar-refractivity contribution in [3.8, 4) is 0 Å². The molecule has 23 heavy (non-hydrogen) atoms. The number of hydrogen-bond acceptors (Lipinski definition) is 5. The number of thiophene rings is 1. The molecule has 6 heteroatoms. The summed E-state index contributed by atoms with van der Waals surface area (Å²) >= 11 is 1.37. The van der Waals surface area contributed by atoms with Crippen molar-refractivity contribution < 1.29 is 24.6 Å². The fourth-order valence-corrected chi connectivity index (χ4v) is 2.84. The van der Waals surface area contributed by atoms with Crippen LogP contribution in [0.5, 0.6) is 0 Å². The van der Waals surface area contributed by atoms with Crippen molar-refractivity contribution in [2.24, 2.45) is 0 Å². The van der Waals surface area contributed by atoms with Gasteiger partial charge in [0.05, 0.1) is 0 Å². The molecule has 0 saturated carbocycles. The molecular formula is C17H14O5S. The molecule has 0 fully saturated rings. The zero-order chi connectivity index (χ0) is 17.0. The maximum absolute atomic E-state index is 11.8. The molecule has 118 valence electrons. The van der Waals surface area contributed by atoms with Crippen molar-refractivity contribution in [1.29, 1.82) is 0 Å². The molecule has 0 radical (unpaired) electrons. The average molecular weight is 330 g/mol. The smallest absolute Gasteiger partial charge is 0.371 e. The standard InChI is InChI=1S/C17H14O5S/c1-10(18)12-4-2-11(3-5-12)6-14-7-13(9-23-14)15(19)8-16(20)17(21)22/h2-5,7-9,20H,6H2,1H3,(H,21,22)/b16-8-. The molecule has 1 aromatic carbocycles. The van der Waals surface area contributed by atoms with Crippen LogP contribution in [0.2, 0.25) is 0 Å². The highest BCUT2D eigenvalue weighted by Gasteiger charge is 2.11. The Bertz CT molecular complexity index is 784. The van der Waals surface area contributed by atoms with Crippen molar-refractivity contribution in [3.05, 3.63) is 69.1 Å². The van der Waals surface area contributed by atoms with Crippen LogP contribution < -0.4 is 0 Å². The van der Waals surface area contributed by atoms with E-state index in [0.29, 0.717) is 23.6 Å². The van der Waals surface area contributed by atoms with E-state index in [4.69, 9.17) is 10.2 Å². The van der Waals surface area contributed by atoms with Gasteiger partial charge in [0, 0.05) is 33.9 Å². The van der Waals surface area contributed by atoms with Crippen molar-refractivity contribution in [2.45, 2.75) is 13.3 Å². The van der Waals surface area contributed by atoms with Crippen LogP contribution in [0.25, 0.3) is 0 Å². The van der Waals surface area contributed by atoms with Gasteiger partial charge >= 0.3 is 5.97 Å². The first-order valence-electron chi connectivity index (χ1n) is 6.72. The molecule has 0 aliphatic rings. The molecule has 1 heterocycles. The lowest BCUT2D eigenvalue weighted by atomic mass is 10.1. The first-order valence-corrected chi connectivity index (χ1v) is 7.60. The summed E-state index contributed by atoms with van der Waals surface area (Å²) in [5.74, 6) is -3.08. The van der Waals surface area contributed by atoms with Gasteiger partial charge in [-0.3, -0.25) is 9.59 Å². The number of carbonyl (C=O) groups excluding carboxylic acids is 2. The van der Waals surface area contributed by atoms with Crippen LogP contribution in [0, 0.1) is 0 Å². The summed E-state index contributed by atoms with van der Waals surface area (Å²) in [7, 11) is 0. The van der Waals surface area contributed by atoms with E-state index in [9.17, 15) is 14.4 Å². The van der Waals surface area contributed by atoms with E-state index < -0.39 is 17.5 Å². The summed E-state index contributed by atoms with van der Waals surface area (Å²) in [6.07, 6.45) is 1.29. The number of allylic oxidation sites excluding steroid dienone is 1. The van der Waals surface area contributed by atoms with E-state index >= 15 is 0 Å². The third-order valence-corrected chi connectivity index (χ3v) is 4.10. The van der Waals surface area contributed by atoms with Crippen molar-refractivity contribution in [2.75, 3.05) is 0 Å². The number of carbonyl (C=O) groups is 3. The number of benzene rings is 1. The number of aliphatic carboxylic acids is 1. The van der Waals surface area contributed by atoms with Gasteiger partial charge in [-0.05, 0) is 18.6 Å². The van der Waals surface area contributed by atoms with Gasteiger partial charge in [-0.15, -0.1) is 11.3 Å². The van der Waals surface area contributed by atoms with Crippen LogP contribution in [-0.2, 0) is 11.2 Å². The molecule has 0 atom stereocenters. The highest BCUT2D eigenvalue weighted by atomic mass is 32.1. The normalized spacial score (nSPS) is 11.3. The minimum absolute atomic E-state index is 0.00517. The molecule has 0 aliphatic carbocycles. The molecule has 2 rings (SSSR count). The van der Waals surface area contributed by atoms with Gasteiger partial charge in [-0.2, -0.15) is 0 Å². The zero-order valence-electron chi connectivity index (χ0n) is 12.3. The molecule has 1 aromatic heterocycles. The summed E-state index contributed by atoms with van der Waals surface area (Å²) in [6, 6.07) is 8.88. The van der Waals surface area contributed by atoms with Crippen LogP contribution in [0.15, 0.2) is 47.5 Å². The second kappa shape index (κ2) is 7.02. The van der Waals surface area contributed by atoms with Crippen molar-refractivity contribution in [1.82, 2.24) is 0 Å². The van der Waals surface area contributed by atoms with Crippen LogP contribution >= 0.6 is 11.3 Å². The highest BCUT2D eigenvalue weighted by Crippen LogP contribution is 2.20. The number of carboxylic acids is 1. The summed E-state index contributed by atoms with van der Waals surface area (Å²) in [5.41, 5.74) is 1.98.